The molecule has 1 N–H and O–H groups in total. The molecule has 10 heteroatoms. The Morgan fingerprint density at radius 3 is 2.28 bits per heavy atom. The minimum atomic E-state index is -4.23. The van der Waals surface area contributed by atoms with Crippen LogP contribution in [0.4, 0.5) is 5.69 Å². The minimum Gasteiger partial charge on any atom is -0.352 e. The molecular weight excluding hydrogens is 557 g/mol. The topological polar surface area (TPSA) is 86.8 Å². The van der Waals surface area contributed by atoms with E-state index in [-0.39, 0.29) is 39.1 Å². The largest absolute Gasteiger partial charge is 0.352 e. The van der Waals surface area contributed by atoms with Crippen molar-refractivity contribution in [2.75, 3.05) is 10.8 Å². The van der Waals surface area contributed by atoms with Crippen molar-refractivity contribution in [3.63, 3.8) is 0 Å². The number of anilines is 1. The van der Waals surface area contributed by atoms with Gasteiger partial charge in [0.15, 0.2) is 0 Å². The Kier molecular flexibility index (Phi) is 10.4. The van der Waals surface area contributed by atoms with E-state index in [9.17, 15) is 18.0 Å². The zero-order chi connectivity index (χ0) is 28.7. The lowest BCUT2D eigenvalue weighted by molar-refractivity contribution is -0.139. The highest BCUT2D eigenvalue weighted by molar-refractivity contribution is 7.92. The van der Waals surface area contributed by atoms with E-state index in [1.54, 1.807) is 25.1 Å². The van der Waals surface area contributed by atoms with Crippen molar-refractivity contribution in [2.24, 2.45) is 0 Å². The number of benzene rings is 3. The van der Waals surface area contributed by atoms with Crippen LogP contribution in [0.2, 0.25) is 10.0 Å². The van der Waals surface area contributed by atoms with E-state index in [0.717, 1.165) is 21.9 Å². The molecule has 0 saturated carbocycles. The van der Waals surface area contributed by atoms with Gasteiger partial charge in [0.1, 0.15) is 12.6 Å². The molecule has 3 aromatic carbocycles. The van der Waals surface area contributed by atoms with E-state index in [1.807, 2.05) is 45.0 Å². The number of amides is 2. The summed E-state index contributed by atoms with van der Waals surface area (Å²) in [5, 5.41) is 3.28. The fourth-order valence-electron chi connectivity index (χ4n) is 3.97. The maximum absolute atomic E-state index is 14.0. The maximum atomic E-state index is 14.0. The second-order valence-electron chi connectivity index (χ2n) is 9.43. The molecule has 0 heterocycles. The van der Waals surface area contributed by atoms with Crippen molar-refractivity contribution in [2.45, 2.75) is 57.6 Å². The van der Waals surface area contributed by atoms with Gasteiger partial charge >= 0.3 is 0 Å². The molecule has 2 amide bonds. The maximum Gasteiger partial charge on any atom is 0.264 e. The van der Waals surface area contributed by atoms with Gasteiger partial charge in [-0.25, -0.2) is 8.42 Å². The van der Waals surface area contributed by atoms with Crippen LogP contribution in [-0.4, -0.2) is 43.8 Å². The van der Waals surface area contributed by atoms with Crippen LogP contribution in [0.15, 0.2) is 77.7 Å². The summed E-state index contributed by atoms with van der Waals surface area (Å²) in [6.45, 7) is 6.92. The van der Waals surface area contributed by atoms with Gasteiger partial charge in [0, 0.05) is 17.6 Å². The molecule has 2 atom stereocenters. The molecular formula is C29H33Cl2N3O4S. The first kappa shape index (κ1) is 30.5. The summed E-state index contributed by atoms with van der Waals surface area (Å²) >= 11 is 12.6. The predicted octanol–water partition coefficient (Wildman–Crippen LogP) is 5.83. The van der Waals surface area contributed by atoms with Crippen LogP contribution in [0, 0.1) is 6.92 Å². The molecule has 39 heavy (non-hydrogen) atoms. The molecule has 0 aliphatic rings. The number of halogens is 2. The SMILES string of the molecule is CC[C@@H](C)NC(=O)[C@@H](C)N(Cc1cccc(C)c1)C(=O)CN(c1cc(Cl)ccc1Cl)S(=O)(=O)c1ccccc1. The normalized spacial score (nSPS) is 12.9. The van der Waals surface area contributed by atoms with E-state index in [1.165, 1.54) is 35.2 Å². The summed E-state index contributed by atoms with van der Waals surface area (Å²) in [6.07, 6.45) is 0.723. The highest BCUT2D eigenvalue weighted by atomic mass is 35.5. The van der Waals surface area contributed by atoms with Gasteiger partial charge < -0.3 is 10.2 Å². The number of rotatable bonds is 11. The van der Waals surface area contributed by atoms with E-state index in [2.05, 4.69) is 5.32 Å². The number of hydrogen-bond acceptors (Lipinski definition) is 4. The number of carbonyl (C=O) groups is 2. The molecule has 0 saturated heterocycles. The molecule has 7 nitrogen and oxygen atoms in total. The van der Waals surface area contributed by atoms with Gasteiger partial charge in [0.25, 0.3) is 10.0 Å². The minimum absolute atomic E-state index is 0.0124. The molecule has 3 rings (SSSR count). The lowest BCUT2D eigenvalue weighted by Crippen LogP contribution is -2.52. The van der Waals surface area contributed by atoms with Crippen molar-refractivity contribution in [1.29, 1.82) is 0 Å². The van der Waals surface area contributed by atoms with Crippen LogP contribution in [0.5, 0.6) is 0 Å². The highest BCUT2D eigenvalue weighted by Crippen LogP contribution is 2.33. The molecule has 0 fully saturated rings. The molecule has 0 aliphatic carbocycles. The van der Waals surface area contributed by atoms with E-state index in [4.69, 9.17) is 23.2 Å². The molecule has 0 unspecified atom stereocenters. The van der Waals surface area contributed by atoms with Crippen molar-refractivity contribution < 1.29 is 18.0 Å². The average Bonchev–Trinajstić information content (AvgIpc) is 2.91. The van der Waals surface area contributed by atoms with Gasteiger partial charge in [-0.3, -0.25) is 13.9 Å². The summed E-state index contributed by atoms with van der Waals surface area (Å²) in [5.41, 5.74) is 1.87. The Morgan fingerprint density at radius 1 is 0.949 bits per heavy atom. The molecule has 0 spiro atoms. The first-order valence-corrected chi connectivity index (χ1v) is 14.8. The van der Waals surface area contributed by atoms with Gasteiger partial charge in [0.2, 0.25) is 11.8 Å². The van der Waals surface area contributed by atoms with E-state index >= 15 is 0 Å². The molecule has 3 aromatic rings. The smallest absolute Gasteiger partial charge is 0.264 e. The zero-order valence-electron chi connectivity index (χ0n) is 22.4. The zero-order valence-corrected chi connectivity index (χ0v) is 24.7. The van der Waals surface area contributed by atoms with Gasteiger partial charge in [0.05, 0.1) is 15.6 Å². The summed E-state index contributed by atoms with van der Waals surface area (Å²) in [4.78, 5) is 28.4. The number of aryl methyl sites for hydroxylation is 1. The van der Waals surface area contributed by atoms with Crippen LogP contribution in [0.25, 0.3) is 0 Å². The standard InChI is InChI=1S/C29H33Cl2N3O4S/c1-5-21(3)32-29(36)22(4)33(18-23-11-9-10-20(2)16-23)28(35)19-34(27-17-24(30)14-15-26(27)31)39(37,38)25-12-7-6-8-13-25/h6-17,21-22H,5,18-19H2,1-4H3,(H,32,36)/t21-,22-/m1/s1. The summed E-state index contributed by atoms with van der Waals surface area (Å²) < 4.78 is 28.6. The average molecular weight is 591 g/mol. The molecule has 0 aromatic heterocycles. The third-order valence-electron chi connectivity index (χ3n) is 6.39. The molecule has 0 bridgehead atoms. The first-order valence-electron chi connectivity index (χ1n) is 12.6. The van der Waals surface area contributed by atoms with Crippen LogP contribution in [-0.2, 0) is 26.2 Å². The van der Waals surface area contributed by atoms with Crippen LogP contribution < -0.4 is 9.62 Å². The molecule has 208 valence electrons. The molecule has 0 radical (unpaired) electrons. The monoisotopic (exact) mass is 589 g/mol. The Balaban J connectivity index is 2.06. The van der Waals surface area contributed by atoms with Gasteiger partial charge in [-0.15, -0.1) is 0 Å². The summed E-state index contributed by atoms with van der Waals surface area (Å²) in [7, 11) is -4.23. The highest BCUT2D eigenvalue weighted by Gasteiger charge is 2.33. The summed E-state index contributed by atoms with van der Waals surface area (Å²) in [5.74, 6) is -0.900. The quantitative estimate of drug-likeness (QED) is 0.305. The Morgan fingerprint density at radius 2 is 1.64 bits per heavy atom. The van der Waals surface area contributed by atoms with Crippen LogP contribution >= 0.6 is 23.2 Å². The number of nitrogens with zero attached hydrogens (tertiary/aromatic N) is 2. The van der Waals surface area contributed by atoms with Crippen molar-refractivity contribution in [3.8, 4) is 0 Å². The fourth-order valence-corrected chi connectivity index (χ4v) is 5.85. The van der Waals surface area contributed by atoms with Crippen molar-refractivity contribution >= 4 is 50.7 Å². The van der Waals surface area contributed by atoms with Gasteiger partial charge in [-0.1, -0.05) is 78.2 Å². The lowest BCUT2D eigenvalue weighted by Gasteiger charge is -2.32. The number of hydrogen-bond donors (Lipinski definition) is 1. The van der Waals surface area contributed by atoms with Crippen molar-refractivity contribution in [1.82, 2.24) is 10.2 Å². The van der Waals surface area contributed by atoms with E-state index in [0.29, 0.717) is 0 Å². The Labute approximate surface area is 240 Å². The Hall–Kier alpha value is -3.07. The fraction of sp³-hybridized carbons (Fsp3) is 0.310. The number of nitrogens with one attached hydrogen (secondary N) is 1. The second-order valence-corrected chi connectivity index (χ2v) is 12.1. The van der Waals surface area contributed by atoms with Gasteiger partial charge in [-0.05, 0) is 63.1 Å². The summed E-state index contributed by atoms with van der Waals surface area (Å²) in [6, 6.07) is 18.8. The molecule has 0 aliphatic heterocycles. The Bertz CT molecular complexity index is 1420. The number of carbonyl (C=O) groups excluding carboxylic acids is 2. The third-order valence-corrected chi connectivity index (χ3v) is 8.72. The predicted molar refractivity (Wildman–Crippen MR) is 157 cm³/mol. The first-order chi connectivity index (χ1) is 18.4. The van der Waals surface area contributed by atoms with Crippen molar-refractivity contribution in [3.05, 3.63) is 94.0 Å². The third kappa shape index (κ3) is 7.75. The van der Waals surface area contributed by atoms with Crippen LogP contribution in [0.3, 0.4) is 0 Å². The number of sulfonamides is 1. The van der Waals surface area contributed by atoms with Gasteiger partial charge in [-0.2, -0.15) is 0 Å². The lowest BCUT2D eigenvalue weighted by atomic mass is 10.1. The van der Waals surface area contributed by atoms with Crippen LogP contribution in [0.1, 0.15) is 38.3 Å². The van der Waals surface area contributed by atoms with E-state index < -0.39 is 28.5 Å². The second kappa shape index (κ2) is 13.3.